The Kier molecular flexibility index (Phi) is 5.89. The van der Waals surface area contributed by atoms with Crippen LogP contribution in [0.25, 0.3) is 0 Å². The van der Waals surface area contributed by atoms with Crippen LogP contribution in [0, 0.1) is 3.57 Å². The molecule has 2 aliphatic heterocycles. The molecule has 2 aromatic rings. The van der Waals surface area contributed by atoms with E-state index in [4.69, 9.17) is 19.9 Å². The summed E-state index contributed by atoms with van der Waals surface area (Å²) in [5, 5.41) is 16.4. The Labute approximate surface area is 165 Å². The van der Waals surface area contributed by atoms with Crippen LogP contribution in [0.2, 0.25) is 0 Å². The third kappa shape index (κ3) is 4.09. The van der Waals surface area contributed by atoms with Crippen molar-refractivity contribution in [3.63, 3.8) is 0 Å². The van der Waals surface area contributed by atoms with E-state index in [0.717, 1.165) is 60.4 Å². The molecule has 0 radical (unpaired) electrons. The molecule has 0 aromatic carbocycles. The zero-order valence-electron chi connectivity index (χ0n) is 15.4. The maximum absolute atomic E-state index is 6.06. The summed E-state index contributed by atoms with van der Waals surface area (Å²) in [7, 11) is 0. The SMILES string of the molecule is C[C@@H]1COCCN1c1cc(I2CCCOC2)c(C=[NH2+])c(Nc2ccn[nH]2)n1. The maximum atomic E-state index is 6.06. The molecule has 4 rings (SSSR count). The first-order valence-electron chi connectivity index (χ1n) is 9.16. The molecule has 2 fully saturated rings. The van der Waals surface area contributed by atoms with Gasteiger partial charge in [-0.25, -0.2) is 0 Å². The topological polar surface area (TPSA) is 101 Å². The van der Waals surface area contributed by atoms with Crippen molar-refractivity contribution in [2.75, 3.05) is 45.6 Å². The number of pyridine rings is 1. The van der Waals surface area contributed by atoms with Crippen molar-refractivity contribution >= 4 is 43.5 Å². The van der Waals surface area contributed by atoms with Crippen molar-refractivity contribution in [3.8, 4) is 0 Å². The van der Waals surface area contributed by atoms with Crippen LogP contribution in [0.3, 0.4) is 0 Å². The monoisotopic (exact) mass is 485 g/mol. The van der Waals surface area contributed by atoms with Crippen LogP contribution in [-0.2, 0) is 9.47 Å². The summed E-state index contributed by atoms with van der Waals surface area (Å²) in [5.74, 6) is 2.56. The first kappa shape index (κ1) is 18.6. The predicted molar refractivity (Wildman–Crippen MR) is 114 cm³/mol. The standard InChI is InChI=1S/C18H25IN6O2/c1-13-11-26-8-6-25(13)17-9-15(19-4-2-7-27-12-19)14(10-20)18(23-17)22-16-3-5-21-24-16/h3,5,9-10,13,20H,2,4,6-8,11-12H2,1H3,(H2,21,22,23,24)/p+1/t13-/m1/s1. The van der Waals surface area contributed by atoms with Gasteiger partial charge in [-0.2, -0.15) is 0 Å². The van der Waals surface area contributed by atoms with E-state index < -0.39 is 19.8 Å². The minimum absolute atomic E-state index is 0.290. The van der Waals surface area contributed by atoms with E-state index in [9.17, 15) is 0 Å². The van der Waals surface area contributed by atoms with Gasteiger partial charge in [0.2, 0.25) is 0 Å². The number of nitrogens with zero attached hydrogens (tertiary/aromatic N) is 3. The van der Waals surface area contributed by atoms with Crippen LogP contribution in [0.4, 0.5) is 17.5 Å². The van der Waals surface area contributed by atoms with Crippen LogP contribution in [0.5, 0.6) is 0 Å². The number of ether oxygens (including phenoxy) is 2. The van der Waals surface area contributed by atoms with E-state index in [0.29, 0.717) is 6.04 Å². The van der Waals surface area contributed by atoms with Crippen molar-refractivity contribution in [1.82, 2.24) is 15.2 Å². The van der Waals surface area contributed by atoms with Gasteiger partial charge < -0.3 is 0 Å². The molecule has 1 atom stereocenters. The fourth-order valence-electron chi connectivity index (χ4n) is 3.33. The number of alkyl halides is 2. The molecule has 0 unspecified atom stereocenters. The second-order valence-corrected chi connectivity index (χ2v) is 12.1. The van der Waals surface area contributed by atoms with Crippen LogP contribution >= 0.6 is 19.8 Å². The number of anilines is 3. The van der Waals surface area contributed by atoms with Crippen molar-refractivity contribution in [3.05, 3.63) is 27.5 Å². The Morgan fingerprint density at radius 1 is 1.41 bits per heavy atom. The van der Waals surface area contributed by atoms with Crippen LogP contribution < -0.4 is 15.6 Å². The van der Waals surface area contributed by atoms with E-state index in [-0.39, 0.29) is 0 Å². The van der Waals surface area contributed by atoms with E-state index in [1.807, 2.05) is 6.07 Å². The van der Waals surface area contributed by atoms with E-state index >= 15 is 0 Å². The van der Waals surface area contributed by atoms with Gasteiger partial charge in [0.25, 0.3) is 0 Å². The van der Waals surface area contributed by atoms with Gasteiger partial charge in [-0.05, 0) is 0 Å². The molecule has 0 saturated carbocycles. The predicted octanol–water partition coefficient (Wildman–Crippen LogP) is 1.01. The fourth-order valence-corrected chi connectivity index (χ4v) is 8.61. The molecule has 0 bridgehead atoms. The minimum atomic E-state index is -1.46. The second-order valence-electron chi connectivity index (χ2n) is 6.62. The van der Waals surface area contributed by atoms with Crippen molar-refractivity contribution in [2.45, 2.75) is 19.4 Å². The zero-order valence-corrected chi connectivity index (χ0v) is 17.6. The summed E-state index contributed by atoms with van der Waals surface area (Å²) >= 11 is -1.46. The molecule has 27 heavy (non-hydrogen) atoms. The molecule has 4 N–H and O–H groups in total. The molecule has 0 spiro atoms. The quantitative estimate of drug-likeness (QED) is 0.332. The normalized spacial score (nSPS) is 21.9. The van der Waals surface area contributed by atoms with Crippen molar-refractivity contribution < 1.29 is 14.9 Å². The first-order chi connectivity index (χ1) is 13.3. The summed E-state index contributed by atoms with van der Waals surface area (Å²) in [6.45, 7) is 5.33. The number of rotatable bonds is 5. The van der Waals surface area contributed by atoms with Gasteiger partial charge in [-0.3, -0.25) is 0 Å². The average molecular weight is 485 g/mol. The molecule has 146 valence electrons. The van der Waals surface area contributed by atoms with Crippen LogP contribution in [0.15, 0.2) is 18.3 Å². The Balaban J connectivity index is 1.77. The summed E-state index contributed by atoms with van der Waals surface area (Å²) in [4.78, 5) is 7.26. The molecule has 2 aliphatic rings. The Morgan fingerprint density at radius 2 is 2.33 bits per heavy atom. The molecule has 9 heteroatoms. The Hall–Kier alpha value is -1.72. The summed E-state index contributed by atoms with van der Waals surface area (Å²) in [6, 6.07) is 4.42. The summed E-state index contributed by atoms with van der Waals surface area (Å²) in [6.07, 6.45) is 4.53. The Bertz CT molecular complexity index is 778. The van der Waals surface area contributed by atoms with E-state index in [2.05, 4.69) is 33.4 Å². The average Bonchev–Trinajstić information content (AvgIpc) is 3.21. The van der Waals surface area contributed by atoms with Gasteiger partial charge in [0.15, 0.2) is 0 Å². The molecule has 2 saturated heterocycles. The van der Waals surface area contributed by atoms with Crippen molar-refractivity contribution in [1.29, 1.82) is 0 Å². The number of hydrogen-bond donors (Lipinski definition) is 3. The number of hydrogen-bond acceptors (Lipinski definition) is 6. The first-order valence-corrected chi connectivity index (χ1v) is 13.3. The molecule has 8 nitrogen and oxygen atoms in total. The molecular weight excluding hydrogens is 459 g/mol. The Morgan fingerprint density at radius 3 is 3.04 bits per heavy atom. The van der Waals surface area contributed by atoms with Gasteiger partial charge in [0, 0.05) is 0 Å². The van der Waals surface area contributed by atoms with Crippen molar-refractivity contribution in [2.24, 2.45) is 0 Å². The van der Waals surface area contributed by atoms with Gasteiger partial charge in [0.1, 0.15) is 0 Å². The van der Waals surface area contributed by atoms with Gasteiger partial charge >= 0.3 is 166 Å². The molecule has 4 heterocycles. The third-order valence-electron chi connectivity index (χ3n) is 4.72. The number of aromatic amines is 1. The number of morpholine rings is 1. The number of nitrogens with two attached hydrogens (primary N) is 1. The zero-order chi connectivity index (χ0) is 18.6. The summed E-state index contributed by atoms with van der Waals surface area (Å²) in [5.41, 5.74) is 0.991. The van der Waals surface area contributed by atoms with Gasteiger partial charge in [0.05, 0.1) is 0 Å². The third-order valence-corrected chi connectivity index (χ3v) is 10.5. The van der Waals surface area contributed by atoms with Crippen LogP contribution in [0.1, 0.15) is 18.9 Å². The van der Waals surface area contributed by atoms with Gasteiger partial charge in [-0.1, -0.05) is 0 Å². The van der Waals surface area contributed by atoms with E-state index in [1.54, 1.807) is 12.4 Å². The van der Waals surface area contributed by atoms with Gasteiger partial charge in [-0.15, -0.1) is 0 Å². The fraction of sp³-hybridized carbons (Fsp3) is 0.500. The van der Waals surface area contributed by atoms with Crippen LogP contribution in [-0.4, -0.2) is 62.8 Å². The molecule has 0 aliphatic carbocycles. The molecule has 2 aromatic heterocycles. The number of aromatic nitrogens is 3. The molecule has 0 amide bonds. The second kappa shape index (κ2) is 8.53. The summed E-state index contributed by atoms with van der Waals surface area (Å²) < 4.78 is 14.9. The number of halogens is 1. The number of H-pyrrole nitrogens is 1. The molecular formula is C18H26IN6O2+. The van der Waals surface area contributed by atoms with E-state index in [1.165, 1.54) is 8.00 Å². The number of nitrogens with one attached hydrogen (secondary N) is 2.